The lowest BCUT2D eigenvalue weighted by Crippen LogP contribution is -2.04. The Kier molecular flexibility index (Phi) is 6.40. The molecule has 0 atom stereocenters. The molecule has 0 saturated heterocycles. The molecule has 3 aromatic rings. The summed E-state index contributed by atoms with van der Waals surface area (Å²) in [6.45, 7) is 0.945. The van der Waals surface area contributed by atoms with Gasteiger partial charge in [0.1, 0.15) is 18.1 Å². The smallest absolute Gasteiger partial charge is 0.335 e. The second-order valence-electron chi connectivity index (χ2n) is 6.14. The molecule has 3 rings (SSSR count). The van der Waals surface area contributed by atoms with E-state index in [4.69, 9.17) is 21.1 Å². The molecule has 0 aliphatic heterocycles. The van der Waals surface area contributed by atoms with E-state index < -0.39 is 5.97 Å². The molecule has 28 heavy (non-hydrogen) atoms. The summed E-state index contributed by atoms with van der Waals surface area (Å²) in [5.41, 5.74) is 2.85. The van der Waals surface area contributed by atoms with Gasteiger partial charge in [-0.25, -0.2) is 4.79 Å². The fraction of sp³-hybridized carbons (Fsp3) is 0.136. The predicted octanol–water partition coefficient (Wildman–Crippen LogP) is 5.24. The third kappa shape index (κ3) is 5.18. The molecule has 5 nitrogen and oxygen atoms in total. The van der Waals surface area contributed by atoms with Crippen LogP contribution in [0.25, 0.3) is 0 Å². The van der Waals surface area contributed by atoms with Crippen molar-refractivity contribution in [1.29, 1.82) is 0 Å². The lowest BCUT2D eigenvalue weighted by molar-refractivity contribution is 0.0697. The molecule has 0 aliphatic carbocycles. The highest BCUT2D eigenvalue weighted by atomic mass is 35.5. The monoisotopic (exact) mass is 397 g/mol. The number of ether oxygens (including phenoxy) is 2. The lowest BCUT2D eigenvalue weighted by Gasteiger charge is -2.13. The average Bonchev–Trinajstić information content (AvgIpc) is 2.72. The Labute approximate surface area is 168 Å². The number of anilines is 1. The predicted molar refractivity (Wildman–Crippen MR) is 110 cm³/mol. The fourth-order valence-corrected chi connectivity index (χ4v) is 2.79. The molecular weight excluding hydrogens is 378 g/mol. The summed E-state index contributed by atoms with van der Waals surface area (Å²) >= 11 is 5.89. The number of benzene rings is 3. The Morgan fingerprint density at radius 2 is 1.82 bits per heavy atom. The van der Waals surface area contributed by atoms with Crippen LogP contribution in [-0.2, 0) is 13.2 Å². The van der Waals surface area contributed by atoms with Gasteiger partial charge in [-0.15, -0.1) is 0 Å². The first kappa shape index (κ1) is 19.6. The molecule has 0 aromatic heterocycles. The average molecular weight is 398 g/mol. The van der Waals surface area contributed by atoms with Crippen LogP contribution < -0.4 is 14.8 Å². The zero-order valence-corrected chi connectivity index (χ0v) is 16.1. The van der Waals surface area contributed by atoms with Crippen LogP contribution in [0.5, 0.6) is 11.5 Å². The zero-order valence-electron chi connectivity index (χ0n) is 15.3. The van der Waals surface area contributed by atoms with Crippen molar-refractivity contribution in [2.45, 2.75) is 13.2 Å². The molecule has 0 heterocycles. The van der Waals surface area contributed by atoms with Crippen molar-refractivity contribution in [2.24, 2.45) is 0 Å². The van der Waals surface area contributed by atoms with E-state index in [1.54, 1.807) is 19.2 Å². The number of hydrogen-bond donors (Lipinski definition) is 2. The van der Waals surface area contributed by atoms with Crippen LogP contribution in [0.4, 0.5) is 5.69 Å². The number of aromatic carboxylic acids is 1. The minimum Gasteiger partial charge on any atom is -0.495 e. The molecule has 0 aliphatic rings. The van der Waals surface area contributed by atoms with Gasteiger partial charge in [-0.2, -0.15) is 0 Å². The standard InChI is InChI=1S/C22H20ClNO4/c1-27-21-10-7-17(22(25)26)12-20(21)24-13-16-3-2-4-19(11-16)28-14-15-5-8-18(23)9-6-15/h2-12,24H,13-14H2,1H3,(H,25,26). The van der Waals surface area contributed by atoms with Crippen molar-refractivity contribution in [2.75, 3.05) is 12.4 Å². The van der Waals surface area contributed by atoms with E-state index in [1.807, 2.05) is 48.5 Å². The molecule has 144 valence electrons. The highest BCUT2D eigenvalue weighted by Gasteiger charge is 2.09. The normalized spacial score (nSPS) is 10.4. The molecule has 0 radical (unpaired) electrons. The minimum atomic E-state index is -0.983. The highest BCUT2D eigenvalue weighted by Crippen LogP contribution is 2.26. The van der Waals surface area contributed by atoms with Gasteiger partial charge in [-0.3, -0.25) is 0 Å². The first-order valence-corrected chi connectivity index (χ1v) is 9.04. The molecule has 0 amide bonds. The van der Waals surface area contributed by atoms with Crippen molar-refractivity contribution in [3.8, 4) is 11.5 Å². The summed E-state index contributed by atoms with van der Waals surface area (Å²) in [5, 5.41) is 13.1. The molecule has 0 saturated carbocycles. The molecular formula is C22H20ClNO4. The number of rotatable bonds is 8. The summed E-state index contributed by atoms with van der Waals surface area (Å²) in [6.07, 6.45) is 0. The molecule has 3 aromatic carbocycles. The van der Waals surface area contributed by atoms with Gasteiger partial charge in [0.15, 0.2) is 0 Å². The molecule has 2 N–H and O–H groups in total. The van der Waals surface area contributed by atoms with Gasteiger partial charge in [0.2, 0.25) is 0 Å². The zero-order chi connectivity index (χ0) is 19.9. The molecule has 0 spiro atoms. The van der Waals surface area contributed by atoms with Crippen LogP contribution in [0, 0.1) is 0 Å². The van der Waals surface area contributed by atoms with Crippen LogP contribution in [-0.4, -0.2) is 18.2 Å². The van der Waals surface area contributed by atoms with Crippen LogP contribution >= 0.6 is 11.6 Å². The van der Waals surface area contributed by atoms with Gasteiger partial charge in [0.25, 0.3) is 0 Å². The van der Waals surface area contributed by atoms with Gasteiger partial charge in [-0.05, 0) is 53.6 Å². The van der Waals surface area contributed by atoms with E-state index in [1.165, 1.54) is 6.07 Å². The van der Waals surface area contributed by atoms with E-state index in [9.17, 15) is 9.90 Å². The maximum Gasteiger partial charge on any atom is 0.335 e. The largest absolute Gasteiger partial charge is 0.495 e. The van der Waals surface area contributed by atoms with E-state index in [0.29, 0.717) is 29.6 Å². The van der Waals surface area contributed by atoms with Crippen molar-refractivity contribution in [3.63, 3.8) is 0 Å². The molecule has 0 unspecified atom stereocenters. The first-order chi connectivity index (χ1) is 13.5. The number of carboxylic acid groups (broad SMARTS) is 1. The van der Waals surface area contributed by atoms with E-state index in [2.05, 4.69) is 5.32 Å². The van der Waals surface area contributed by atoms with Gasteiger partial charge in [0, 0.05) is 11.6 Å². The molecule has 0 fully saturated rings. The van der Waals surface area contributed by atoms with Gasteiger partial charge < -0.3 is 19.9 Å². The Balaban J connectivity index is 1.65. The van der Waals surface area contributed by atoms with Crippen molar-refractivity contribution in [3.05, 3.63) is 88.4 Å². The fourth-order valence-electron chi connectivity index (χ4n) is 2.67. The maximum atomic E-state index is 11.2. The van der Waals surface area contributed by atoms with Crippen LogP contribution in [0.1, 0.15) is 21.5 Å². The summed E-state index contributed by atoms with van der Waals surface area (Å²) < 4.78 is 11.1. The van der Waals surface area contributed by atoms with Gasteiger partial charge in [0.05, 0.1) is 18.4 Å². The number of methoxy groups -OCH3 is 1. The SMILES string of the molecule is COc1ccc(C(=O)O)cc1NCc1cccc(OCc2ccc(Cl)cc2)c1. The Morgan fingerprint density at radius 3 is 2.54 bits per heavy atom. The second-order valence-corrected chi connectivity index (χ2v) is 6.57. The molecule has 0 bridgehead atoms. The third-order valence-corrected chi connectivity index (χ3v) is 4.40. The number of carbonyl (C=O) groups is 1. The number of hydrogen-bond acceptors (Lipinski definition) is 4. The van der Waals surface area contributed by atoms with Crippen LogP contribution in [0.15, 0.2) is 66.7 Å². The lowest BCUT2D eigenvalue weighted by atomic mass is 10.1. The summed E-state index contributed by atoms with van der Waals surface area (Å²) in [7, 11) is 1.55. The van der Waals surface area contributed by atoms with E-state index >= 15 is 0 Å². The maximum absolute atomic E-state index is 11.2. The van der Waals surface area contributed by atoms with Crippen LogP contribution in [0.2, 0.25) is 5.02 Å². The Bertz CT molecular complexity index is 957. The van der Waals surface area contributed by atoms with E-state index in [-0.39, 0.29) is 5.56 Å². The molecule has 6 heteroatoms. The van der Waals surface area contributed by atoms with Gasteiger partial charge in [-0.1, -0.05) is 35.9 Å². The van der Waals surface area contributed by atoms with E-state index in [0.717, 1.165) is 16.9 Å². The van der Waals surface area contributed by atoms with Crippen molar-refractivity contribution in [1.82, 2.24) is 0 Å². The van der Waals surface area contributed by atoms with Gasteiger partial charge >= 0.3 is 5.97 Å². The number of nitrogens with one attached hydrogen (secondary N) is 1. The van der Waals surface area contributed by atoms with Crippen LogP contribution in [0.3, 0.4) is 0 Å². The summed E-state index contributed by atoms with van der Waals surface area (Å²) in [6, 6.07) is 19.9. The Morgan fingerprint density at radius 1 is 1.04 bits per heavy atom. The minimum absolute atomic E-state index is 0.198. The number of carboxylic acids is 1. The topological polar surface area (TPSA) is 67.8 Å². The number of halogens is 1. The Hall–Kier alpha value is -3.18. The summed E-state index contributed by atoms with van der Waals surface area (Å²) in [4.78, 5) is 11.2. The summed E-state index contributed by atoms with van der Waals surface area (Å²) in [5.74, 6) is 0.351. The first-order valence-electron chi connectivity index (χ1n) is 8.66. The van der Waals surface area contributed by atoms with Crippen molar-refractivity contribution >= 4 is 23.3 Å². The van der Waals surface area contributed by atoms with Crippen molar-refractivity contribution < 1.29 is 19.4 Å². The quantitative estimate of drug-likeness (QED) is 0.544. The highest BCUT2D eigenvalue weighted by molar-refractivity contribution is 6.30. The second kappa shape index (κ2) is 9.15. The third-order valence-electron chi connectivity index (χ3n) is 4.15.